The number of carbonyl (C=O) groups is 1. The van der Waals surface area contributed by atoms with Crippen LogP contribution in [-0.2, 0) is 17.9 Å². The maximum absolute atomic E-state index is 12.8. The fourth-order valence-corrected chi connectivity index (χ4v) is 3.71. The third-order valence-corrected chi connectivity index (χ3v) is 5.33. The molecule has 2 aromatic carbocycles. The first kappa shape index (κ1) is 20.6. The van der Waals surface area contributed by atoms with Gasteiger partial charge in [-0.15, -0.1) is 0 Å². The number of hydrogen-bond acceptors (Lipinski definition) is 3. The van der Waals surface area contributed by atoms with Crippen LogP contribution in [0.5, 0.6) is 0 Å². The summed E-state index contributed by atoms with van der Waals surface area (Å²) in [5, 5.41) is 9.28. The molecule has 0 N–H and O–H groups in total. The number of rotatable bonds is 7. The summed E-state index contributed by atoms with van der Waals surface area (Å²) in [5.74, 6) is 0.0824. The van der Waals surface area contributed by atoms with E-state index in [0.29, 0.717) is 19.5 Å². The van der Waals surface area contributed by atoms with E-state index in [4.69, 9.17) is 5.10 Å². The highest BCUT2D eigenvalue weighted by Gasteiger charge is 2.17. The fraction of sp³-hybridized carbons (Fsp3) is 0.240. The summed E-state index contributed by atoms with van der Waals surface area (Å²) in [5.41, 5.74) is 5.97. The van der Waals surface area contributed by atoms with Crippen LogP contribution in [0.2, 0.25) is 0 Å². The zero-order chi connectivity index (χ0) is 21.8. The second-order valence-corrected chi connectivity index (χ2v) is 7.80. The van der Waals surface area contributed by atoms with Gasteiger partial charge in [0.2, 0.25) is 5.91 Å². The van der Waals surface area contributed by atoms with Gasteiger partial charge in [0, 0.05) is 49.6 Å². The van der Waals surface area contributed by atoms with Crippen LogP contribution in [0.1, 0.15) is 23.4 Å². The molecule has 0 bridgehead atoms. The number of aromatic nitrogens is 4. The molecular formula is C25H27N5O. The van der Waals surface area contributed by atoms with Crippen LogP contribution in [0.3, 0.4) is 0 Å². The molecule has 0 aliphatic rings. The molecule has 0 fully saturated rings. The number of hydrogen-bond donors (Lipinski definition) is 0. The van der Waals surface area contributed by atoms with E-state index in [-0.39, 0.29) is 5.91 Å². The van der Waals surface area contributed by atoms with E-state index in [1.165, 1.54) is 0 Å². The Kier molecular flexibility index (Phi) is 5.98. The van der Waals surface area contributed by atoms with Crippen molar-refractivity contribution in [2.45, 2.75) is 33.4 Å². The second kappa shape index (κ2) is 9.00. The summed E-state index contributed by atoms with van der Waals surface area (Å²) in [6, 6.07) is 22.1. The maximum Gasteiger partial charge on any atom is 0.224 e. The number of para-hydroxylation sites is 1. The highest BCUT2D eigenvalue weighted by Crippen LogP contribution is 2.24. The number of carbonyl (C=O) groups excluding carboxylic acids is 1. The molecule has 0 saturated carbocycles. The molecule has 0 spiro atoms. The van der Waals surface area contributed by atoms with Crippen molar-refractivity contribution in [3.63, 3.8) is 0 Å². The molecule has 1 amide bonds. The van der Waals surface area contributed by atoms with Gasteiger partial charge in [-0.3, -0.25) is 9.48 Å². The first-order valence-corrected chi connectivity index (χ1v) is 10.5. The molecule has 0 aliphatic carbocycles. The summed E-state index contributed by atoms with van der Waals surface area (Å²) < 4.78 is 3.77. The van der Waals surface area contributed by atoms with E-state index in [9.17, 15) is 4.79 Å². The van der Waals surface area contributed by atoms with E-state index in [2.05, 4.69) is 5.10 Å². The fourth-order valence-electron chi connectivity index (χ4n) is 3.71. The van der Waals surface area contributed by atoms with Crippen LogP contribution in [-0.4, -0.2) is 37.4 Å². The second-order valence-electron chi connectivity index (χ2n) is 7.80. The molecule has 2 aromatic heterocycles. The Hall–Kier alpha value is -3.67. The topological polar surface area (TPSA) is 56.0 Å². The van der Waals surface area contributed by atoms with Crippen molar-refractivity contribution in [2.24, 2.45) is 0 Å². The number of nitrogens with zero attached hydrogens (tertiary/aromatic N) is 5. The van der Waals surface area contributed by atoms with Gasteiger partial charge in [0.25, 0.3) is 0 Å². The molecule has 4 rings (SSSR count). The summed E-state index contributed by atoms with van der Waals surface area (Å²) >= 11 is 0. The minimum Gasteiger partial charge on any atom is -0.341 e. The molecule has 6 heteroatoms. The molecule has 2 heterocycles. The first-order valence-electron chi connectivity index (χ1n) is 10.5. The minimum absolute atomic E-state index is 0.0824. The predicted octanol–water partition coefficient (Wildman–Crippen LogP) is 4.40. The van der Waals surface area contributed by atoms with Crippen molar-refractivity contribution in [2.75, 3.05) is 7.05 Å². The zero-order valence-electron chi connectivity index (χ0n) is 18.2. The van der Waals surface area contributed by atoms with E-state index in [1.807, 2.05) is 103 Å². The van der Waals surface area contributed by atoms with Crippen molar-refractivity contribution < 1.29 is 4.79 Å². The Balaban J connectivity index is 1.54. The molecule has 31 heavy (non-hydrogen) atoms. The lowest BCUT2D eigenvalue weighted by atomic mass is 10.1. The molecule has 0 atom stereocenters. The van der Waals surface area contributed by atoms with E-state index >= 15 is 0 Å². The molecule has 4 aromatic rings. The van der Waals surface area contributed by atoms with Gasteiger partial charge in [0.05, 0.1) is 17.1 Å². The Morgan fingerprint density at radius 3 is 2.29 bits per heavy atom. The molecule has 0 radical (unpaired) electrons. The average molecular weight is 414 g/mol. The smallest absolute Gasteiger partial charge is 0.224 e. The molecule has 0 unspecified atom stereocenters. The Labute approximate surface area is 182 Å². The monoisotopic (exact) mass is 413 g/mol. The highest BCUT2D eigenvalue weighted by molar-refractivity contribution is 5.76. The van der Waals surface area contributed by atoms with Crippen molar-refractivity contribution in [3.05, 3.63) is 89.9 Å². The van der Waals surface area contributed by atoms with E-state index in [1.54, 1.807) is 4.90 Å². The third kappa shape index (κ3) is 4.74. The zero-order valence-corrected chi connectivity index (χ0v) is 18.2. The lowest BCUT2D eigenvalue weighted by Gasteiger charge is -2.17. The Morgan fingerprint density at radius 1 is 0.968 bits per heavy atom. The Bertz CT molecular complexity index is 1160. The van der Waals surface area contributed by atoms with Gasteiger partial charge in [-0.2, -0.15) is 10.2 Å². The standard InChI is InChI=1S/C25H27N5O/c1-19-16-20(2)29(26-19)15-14-24(31)28(3)17-22-18-30(23-12-8-5-9-13-23)27-25(22)21-10-6-4-7-11-21/h4-13,16,18H,14-15,17H2,1-3H3. The van der Waals surface area contributed by atoms with Gasteiger partial charge in [0.15, 0.2) is 0 Å². The lowest BCUT2D eigenvalue weighted by Crippen LogP contribution is -2.27. The molecule has 6 nitrogen and oxygen atoms in total. The number of aryl methyl sites for hydroxylation is 3. The third-order valence-electron chi connectivity index (χ3n) is 5.33. The maximum atomic E-state index is 12.8. The SMILES string of the molecule is Cc1cc(C)n(CCC(=O)N(C)Cc2cn(-c3ccccc3)nc2-c2ccccc2)n1. The van der Waals surface area contributed by atoms with Crippen molar-refractivity contribution in [1.29, 1.82) is 0 Å². The first-order chi connectivity index (χ1) is 15.0. The molecule has 0 saturated heterocycles. The van der Waals surface area contributed by atoms with E-state index in [0.717, 1.165) is 33.9 Å². The van der Waals surface area contributed by atoms with Crippen LogP contribution in [0, 0.1) is 13.8 Å². The minimum atomic E-state index is 0.0824. The van der Waals surface area contributed by atoms with Crippen LogP contribution in [0.15, 0.2) is 72.9 Å². The normalized spacial score (nSPS) is 10.9. The summed E-state index contributed by atoms with van der Waals surface area (Å²) in [6.45, 7) is 5.05. The van der Waals surface area contributed by atoms with Crippen molar-refractivity contribution in [3.8, 4) is 16.9 Å². The average Bonchev–Trinajstić information content (AvgIpc) is 3.35. The highest BCUT2D eigenvalue weighted by atomic mass is 16.2. The van der Waals surface area contributed by atoms with Gasteiger partial charge >= 0.3 is 0 Å². The van der Waals surface area contributed by atoms with Gasteiger partial charge in [0.1, 0.15) is 0 Å². The van der Waals surface area contributed by atoms with Crippen molar-refractivity contribution in [1.82, 2.24) is 24.5 Å². The van der Waals surface area contributed by atoms with Crippen LogP contribution in [0.25, 0.3) is 16.9 Å². The van der Waals surface area contributed by atoms with Crippen LogP contribution in [0.4, 0.5) is 0 Å². The number of amides is 1. The van der Waals surface area contributed by atoms with Crippen LogP contribution >= 0.6 is 0 Å². The summed E-state index contributed by atoms with van der Waals surface area (Å²) in [4.78, 5) is 14.6. The van der Waals surface area contributed by atoms with Crippen LogP contribution < -0.4 is 0 Å². The van der Waals surface area contributed by atoms with Gasteiger partial charge in [-0.25, -0.2) is 4.68 Å². The van der Waals surface area contributed by atoms with Gasteiger partial charge < -0.3 is 4.90 Å². The Morgan fingerprint density at radius 2 is 1.65 bits per heavy atom. The summed E-state index contributed by atoms with van der Waals surface area (Å²) in [7, 11) is 1.85. The summed E-state index contributed by atoms with van der Waals surface area (Å²) in [6.07, 6.45) is 2.43. The van der Waals surface area contributed by atoms with Gasteiger partial charge in [-0.05, 0) is 32.0 Å². The van der Waals surface area contributed by atoms with E-state index < -0.39 is 0 Å². The molecular weight excluding hydrogens is 386 g/mol. The lowest BCUT2D eigenvalue weighted by molar-refractivity contribution is -0.130. The predicted molar refractivity (Wildman–Crippen MR) is 122 cm³/mol. The largest absolute Gasteiger partial charge is 0.341 e. The quantitative estimate of drug-likeness (QED) is 0.451. The molecule has 158 valence electrons. The number of benzene rings is 2. The van der Waals surface area contributed by atoms with Crippen molar-refractivity contribution >= 4 is 5.91 Å². The van der Waals surface area contributed by atoms with Gasteiger partial charge in [-0.1, -0.05) is 48.5 Å². The molecule has 0 aliphatic heterocycles.